The van der Waals surface area contributed by atoms with Gasteiger partial charge in [0.25, 0.3) is 0 Å². The van der Waals surface area contributed by atoms with Crippen LogP contribution < -0.4 is 26.2 Å². The van der Waals surface area contributed by atoms with Gasteiger partial charge in [0.2, 0.25) is 17.8 Å². The van der Waals surface area contributed by atoms with Gasteiger partial charge in [0.1, 0.15) is 0 Å². The number of likely N-dealkylation sites (N-methyl/N-ethyl adjacent to an activating group) is 1. The lowest BCUT2D eigenvalue weighted by Gasteiger charge is -2.32. The zero-order valence-corrected chi connectivity index (χ0v) is 18.0. The van der Waals surface area contributed by atoms with E-state index in [1.807, 2.05) is 0 Å². The van der Waals surface area contributed by atoms with Crippen LogP contribution in [0.15, 0.2) is 0 Å². The maximum atomic E-state index is 10.6. The molecule has 14 heteroatoms. The molecule has 0 aromatic carbocycles. The highest BCUT2D eigenvalue weighted by Gasteiger charge is 2.38. The van der Waals surface area contributed by atoms with Crippen LogP contribution in [0.5, 0.6) is 0 Å². The van der Waals surface area contributed by atoms with E-state index in [0.29, 0.717) is 24.0 Å². The summed E-state index contributed by atoms with van der Waals surface area (Å²) in [4.78, 5) is 27.6. The minimum absolute atomic E-state index is 0.392. The maximum absolute atomic E-state index is 10.6. The van der Waals surface area contributed by atoms with Crippen LogP contribution in [0.2, 0.25) is 0 Å². The van der Waals surface area contributed by atoms with Crippen molar-refractivity contribution in [3.63, 3.8) is 0 Å². The number of anilines is 3. The Balaban J connectivity index is 0.000000360. The van der Waals surface area contributed by atoms with Crippen molar-refractivity contribution in [3.05, 3.63) is 0 Å². The molecule has 0 saturated carbocycles. The summed E-state index contributed by atoms with van der Waals surface area (Å²) in [6, 6.07) is 0.785. The number of piperazine rings is 1. The summed E-state index contributed by atoms with van der Waals surface area (Å²) in [5.41, 5.74) is 0. The van der Waals surface area contributed by atoms with E-state index < -0.39 is 12.1 Å². The first-order chi connectivity index (χ1) is 15.2. The molecule has 1 unspecified atom stereocenters. The van der Waals surface area contributed by atoms with E-state index in [2.05, 4.69) is 43.1 Å². The number of hydrogen-bond acceptors (Lipinski definition) is 10. The van der Waals surface area contributed by atoms with E-state index in [1.165, 1.54) is 0 Å². The van der Waals surface area contributed by atoms with Gasteiger partial charge in [-0.25, -0.2) is 4.79 Å². The Morgan fingerprint density at radius 3 is 1.81 bits per heavy atom. The van der Waals surface area contributed by atoms with Gasteiger partial charge in [0.15, 0.2) is 0 Å². The average molecular weight is 461 g/mol. The van der Waals surface area contributed by atoms with Crippen LogP contribution in [0.4, 0.5) is 31.0 Å². The van der Waals surface area contributed by atoms with E-state index in [0.717, 1.165) is 71.1 Å². The number of aromatic nitrogens is 3. The number of halogens is 3. The third kappa shape index (κ3) is 7.31. The summed E-state index contributed by atoms with van der Waals surface area (Å²) in [7, 11) is 2.16. The number of carbonyl (C=O) groups is 1. The number of nitrogens with zero attached hydrogens (tertiary/aromatic N) is 5. The standard InChI is InChI=1S/C16H29N9.C2HF3O2/c1-24-6-8-25(9-7-24)16-22-14(19-12-2-4-17-10-12)21-15(23-16)20-13-3-5-18-11-13;3-2(4,5)1(6)7/h12-13,17-18H,2-11H2,1H3,(H2,19,20,21,22,23);(H,6,7)/t12-,13?;/m1./s1. The van der Waals surface area contributed by atoms with Gasteiger partial charge in [-0.1, -0.05) is 0 Å². The number of rotatable bonds is 5. The highest BCUT2D eigenvalue weighted by Crippen LogP contribution is 2.18. The molecule has 0 spiro atoms. The van der Waals surface area contributed by atoms with Crippen molar-refractivity contribution in [1.82, 2.24) is 30.5 Å². The van der Waals surface area contributed by atoms with Crippen molar-refractivity contribution >= 4 is 23.8 Å². The largest absolute Gasteiger partial charge is 0.490 e. The topological polar surface area (TPSA) is 131 Å². The van der Waals surface area contributed by atoms with Crippen LogP contribution in [-0.2, 0) is 4.79 Å². The summed E-state index contributed by atoms with van der Waals surface area (Å²) in [6.07, 6.45) is -2.88. The molecule has 3 aliphatic rings. The molecule has 11 nitrogen and oxygen atoms in total. The fourth-order valence-electron chi connectivity index (χ4n) is 3.56. The summed E-state index contributed by atoms with van der Waals surface area (Å²) in [5, 5.41) is 20.8. The normalized spacial score (nSPS) is 24.1. The second-order valence-electron chi connectivity index (χ2n) is 8.04. The first kappa shape index (κ1) is 24.2. The molecule has 180 valence electrons. The number of aliphatic carboxylic acids is 1. The van der Waals surface area contributed by atoms with Gasteiger partial charge in [-0.2, -0.15) is 28.1 Å². The summed E-state index contributed by atoms with van der Waals surface area (Å²) < 4.78 is 31.7. The van der Waals surface area contributed by atoms with Gasteiger partial charge in [-0.3, -0.25) is 0 Å². The van der Waals surface area contributed by atoms with Gasteiger partial charge in [0.05, 0.1) is 0 Å². The molecule has 0 aliphatic carbocycles. The van der Waals surface area contributed by atoms with Gasteiger partial charge < -0.3 is 36.2 Å². The Bertz CT molecular complexity index is 711. The number of carboxylic acids is 1. The molecular formula is C18H30F3N9O2. The third-order valence-electron chi connectivity index (χ3n) is 5.44. The van der Waals surface area contributed by atoms with E-state index in [-0.39, 0.29) is 0 Å². The Hall–Kier alpha value is -2.45. The van der Waals surface area contributed by atoms with E-state index in [9.17, 15) is 13.2 Å². The zero-order chi connectivity index (χ0) is 23.1. The zero-order valence-electron chi connectivity index (χ0n) is 18.0. The predicted octanol–water partition coefficient (Wildman–Crippen LogP) is -0.196. The molecule has 5 N–H and O–H groups in total. The maximum Gasteiger partial charge on any atom is 0.490 e. The fourth-order valence-corrected chi connectivity index (χ4v) is 3.56. The molecule has 3 fully saturated rings. The molecule has 4 rings (SSSR count). The second kappa shape index (κ2) is 10.9. The molecule has 0 bridgehead atoms. The van der Waals surface area contributed by atoms with Crippen LogP contribution in [-0.4, -0.2) is 109 Å². The second-order valence-corrected chi connectivity index (χ2v) is 8.04. The molecule has 0 radical (unpaired) electrons. The van der Waals surface area contributed by atoms with Gasteiger partial charge in [0, 0.05) is 51.4 Å². The number of hydrogen-bond donors (Lipinski definition) is 5. The highest BCUT2D eigenvalue weighted by molar-refractivity contribution is 5.73. The van der Waals surface area contributed by atoms with E-state index >= 15 is 0 Å². The van der Waals surface area contributed by atoms with Crippen molar-refractivity contribution in [2.24, 2.45) is 0 Å². The van der Waals surface area contributed by atoms with Crippen LogP contribution in [0.25, 0.3) is 0 Å². The first-order valence-corrected chi connectivity index (χ1v) is 10.6. The van der Waals surface area contributed by atoms with Crippen LogP contribution in [0.3, 0.4) is 0 Å². The predicted molar refractivity (Wildman–Crippen MR) is 113 cm³/mol. The minimum atomic E-state index is -5.08. The molecule has 1 aromatic heterocycles. The Kier molecular flexibility index (Phi) is 8.26. The molecule has 1 aromatic rings. The molecule has 3 aliphatic heterocycles. The lowest BCUT2D eigenvalue weighted by atomic mass is 10.3. The number of nitrogens with one attached hydrogen (secondary N) is 4. The SMILES string of the molecule is CN1CCN(c2nc(NC3CCNC3)nc(N[C@@H]3CCNC3)n2)CC1.O=C(O)C(F)(F)F. The Labute approximate surface area is 184 Å². The van der Waals surface area contributed by atoms with Crippen LogP contribution in [0, 0.1) is 0 Å². The van der Waals surface area contributed by atoms with Gasteiger partial charge >= 0.3 is 12.1 Å². The molecular weight excluding hydrogens is 431 g/mol. The van der Waals surface area contributed by atoms with Gasteiger partial charge in [-0.05, 0) is 33.0 Å². The first-order valence-electron chi connectivity index (χ1n) is 10.6. The van der Waals surface area contributed by atoms with Crippen molar-refractivity contribution < 1.29 is 23.1 Å². The third-order valence-corrected chi connectivity index (χ3v) is 5.44. The van der Waals surface area contributed by atoms with E-state index in [4.69, 9.17) is 19.9 Å². The monoisotopic (exact) mass is 461 g/mol. The van der Waals surface area contributed by atoms with Crippen LogP contribution >= 0.6 is 0 Å². The highest BCUT2D eigenvalue weighted by atomic mass is 19.4. The van der Waals surface area contributed by atoms with Crippen LogP contribution in [0.1, 0.15) is 12.8 Å². The molecule has 3 saturated heterocycles. The van der Waals surface area contributed by atoms with Gasteiger partial charge in [-0.15, -0.1) is 0 Å². The smallest absolute Gasteiger partial charge is 0.475 e. The van der Waals surface area contributed by atoms with Crippen molar-refractivity contribution in [3.8, 4) is 0 Å². The number of alkyl halides is 3. The summed E-state index contributed by atoms with van der Waals surface area (Å²) >= 11 is 0. The quantitative estimate of drug-likeness (QED) is 0.400. The Morgan fingerprint density at radius 2 is 1.44 bits per heavy atom. The summed E-state index contributed by atoms with van der Waals surface area (Å²) in [5.74, 6) is -0.602. The van der Waals surface area contributed by atoms with E-state index in [1.54, 1.807) is 0 Å². The fraction of sp³-hybridized carbons (Fsp3) is 0.778. The molecule has 4 heterocycles. The lowest BCUT2D eigenvalue weighted by molar-refractivity contribution is -0.192. The average Bonchev–Trinajstić information content (AvgIpc) is 3.42. The van der Waals surface area contributed by atoms with Crippen molar-refractivity contribution in [2.75, 3.05) is 74.9 Å². The summed E-state index contributed by atoms with van der Waals surface area (Å²) in [6.45, 7) is 8.01. The molecule has 0 amide bonds. The van der Waals surface area contributed by atoms with Crippen molar-refractivity contribution in [2.45, 2.75) is 31.1 Å². The lowest BCUT2D eigenvalue weighted by Crippen LogP contribution is -2.45. The minimum Gasteiger partial charge on any atom is -0.475 e. The molecule has 2 atom stereocenters. The molecule has 32 heavy (non-hydrogen) atoms. The van der Waals surface area contributed by atoms with Crippen molar-refractivity contribution in [1.29, 1.82) is 0 Å². The Morgan fingerprint density at radius 1 is 0.969 bits per heavy atom. The number of carboxylic acid groups (broad SMARTS) is 1.